The standard InChI is InChI=1S/C27H42ClN3O4/c1-10-20(15-17(3)25(34)35)31(9)24(33)22(26(4,5)6)30-23(32)21(29-8)27(7,11-2)18-13-12-14-19(28)16-18/h12-16,20-22,29H,10-11H2,1-9H3,(H,30,32)(H,34,35)/b17-15+/t20-,21?,22?,27?/m0/s1. The molecule has 0 aromatic heterocycles. The van der Waals surface area contributed by atoms with Gasteiger partial charge in [-0.05, 0) is 49.9 Å². The number of nitrogens with one attached hydrogen (secondary N) is 2. The number of amides is 2. The smallest absolute Gasteiger partial charge is 0.331 e. The third-order valence-electron chi connectivity index (χ3n) is 6.85. The van der Waals surface area contributed by atoms with Crippen LogP contribution in [0.3, 0.4) is 0 Å². The fourth-order valence-electron chi connectivity index (χ4n) is 4.26. The van der Waals surface area contributed by atoms with Crippen LogP contribution in [0.15, 0.2) is 35.9 Å². The maximum absolute atomic E-state index is 13.7. The van der Waals surface area contributed by atoms with E-state index >= 15 is 0 Å². The number of hydrogen-bond acceptors (Lipinski definition) is 4. The number of carboxylic acids is 1. The van der Waals surface area contributed by atoms with Crippen LogP contribution >= 0.6 is 11.6 Å². The van der Waals surface area contributed by atoms with Crippen LogP contribution in [0.5, 0.6) is 0 Å². The van der Waals surface area contributed by atoms with E-state index in [2.05, 4.69) is 10.6 Å². The summed E-state index contributed by atoms with van der Waals surface area (Å²) in [6.07, 6.45) is 2.78. The molecule has 0 fully saturated rings. The van der Waals surface area contributed by atoms with Gasteiger partial charge in [-0.1, -0.05) is 71.4 Å². The van der Waals surface area contributed by atoms with Gasteiger partial charge in [-0.15, -0.1) is 0 Å². The van der Waals surface area contributed by atoms with Crippen molar-refractivity contribution in [2.75, 3.05) is 14.1 Å². The molecule has 3 N–H and O–H groups in total. The Morgan fingerprint density at radius 3 is 2.17 bits per heavy atom. The van der Waals surface area contributed by atoms with Crippen molar-refractivity contribution in [1.29, 1.82) is 0 Å². The number of rotatable bonds is 11. The van der Waals surface area contributed by atoms with Gasteiger partial charge in [0.1, 0.15) is 6.04 Å². The Labute approximate surface area is 215 Å². The van der Waals surface area contributed by atoms with E-state index < -0.39 is 34.9 Å². The first kappa shape index (κ1) is 30.7. The van der Waals surface area contributed by atoms with Crippen LogP contribution in [-0.4, -0.2) is 60.0 Å². The molecule has 0 saturated heterocycles. The number of carbonyl (C=O) groups excluding carboxylic acids is 2. The summed E-state index contributed by atoms with van der Waals surface area (Å²) in [5.74, 6) is -1.59. The van der Waals surface area contributed by atoms with Crippen molar-refractivity contribution in [2.24, 2.45) is 5.41 Å². The van der Waals surface area contributed by atoms with E-state index in [9.17, 15) is 19.5 Å². The Bertz CT molecular complexity index is 941. The molecule has 0 aliphatic rings. The largest absolute Gasteiger partial charge is 0.478 e. The molecule has 1 rings (SSSR count). The lowest BCUT2D eigenvalue weighted by molar-refractivity contribution is -0.140. The SMILES string of the molecule is CC[C@@H](/C=C(\C)C(=O)O)N(C)C(=O)C(NC(=O)C(NC)C(C)(CC)c1cccc(Cl)c1)C(C)(C)C. The predicted molar refractivity (Wildman–Crippen MR) is 142 cm³/mol. The second kappa shape index (κ2) is 12.5. The van der Waals surface area contributed by atoms with E-state index in [1.54, 1.807) is 26.2 Å². The Balaban J connectivity index is 3.33. The third kappa shape index (κ3) is 7.55. The molecule has 196 valence electrons. The molecule has 0 heterocycles. The summed E-state index contributed by atoms with van der Waals surface area (Å²) < 4.78 is 0. The molecule has 3 unspecified atom stereocenters. The summed E-state index contributed by atoms with van der Waals surface area (Å²) in [4.78, 5) is 40.1. The second-order valence-corrected chi connectivity index (χ2v) is 10.8. The third-order valence-corrected chi connectivity index (χ3v) is 7.08. The summed E-state index contributed by atoms with van der Waals surface area (Å²) in [7, 11) is 3.38. The van der Waals surface area contributed by atoms with Crippen LogP contribution in [0.2, 0.25) is 5.02 Å². The van der Waals surface area contributed by atoms with Crippen molar-refractivity contribution in [3.63, 3.8) is 0 Å². The molecular formula is C27H42ClN3O4. The topological polar surface area (TPSA) is 98.7 Å². The van der Waals surface area contributed by atoms with Crippen molar-refractivity contribution in [3.8, 4) is 0 Å². The fourth-order valence-corrected chi connectivity index (χ4v) is 4.45. The van der Waals surface area contributed by atoms with Crippen LogP contribution in [0, 0.1) is 5.41 Å². The van der Waals surface area contributed by atoms with Crippen molar-refractivity contribution >= 4 is 29.4 Å². The van der Waals surface area contributed by atoms with Gasteiger partial charge in [0.05, 0.1) is 12.1 Å². The number of halogens is 1. The van der Waals surface area contributed by atoms with Gasteiger partial charge < -0.3 is 20.6 Å². The number of likely N-dealkylation sites (N-methyl/N-ethyl adjacent to an activating group) is 2. The van der Waals surface area contributed by atoms with E-state index in [1.807, 2.05) is 59.7 Å². The lowest BCUT2D eigenvalue weighted by Crippen LogP contribution is -2.61. The predicted octanol–water partition coefficient (Wildman–Crippen LogP) is 4.39. The molecule has 35 heavy (non-hydrogen) atoms. The highest BCUT2D eigenvalue weighted by Gasteiger charge is 2.42. The van der Waals surface area contributed by atoms with Gasteiger partial charge in [0.25, 0.3) is 0 Å². The molecule has 0 spiro atoms. The van der Waals surface area contributed by atoms with Crippen LogP contribution in [-0.2, 0) is 19.8 Å². The van der Waals surface area contributed by atoms with Crippen LogP contribution < -0.4 is 10.6 Å². The number of nitrogens with zero attached hydrogens (tertiary/aromatic N) is 1. The quantitative estimate of drug-likeness (QED) is 0.386. The molecule has 0 aliphatic carbocycles. The molecule has 8 heteroatoms. The minimum atomic E-state index is -1.03. The monoisotopic (exact) mass is 507 g/mol. The van der Waals surface area contributed by atoms with Gasteiger partial charge in [0.2, 0.25) is 11.8 Å². The zero-order chi connectivity index (χ0) is 27.1. The highest BCUT2D eigenvalue weighted by molar-refractivity contribution is 6.30. The van der Waals surface area contributed by atoms with Gasteiger partial charge >= 0.3 is 5.97 Å². The lowest BCUT2D eigenvalue weighted by Gasteiger charge is -2.40. The zero-order valence-electron chi connectivity index (χ0n) is 22.5. The van der Waals surface area contributed by atoms with Gasteiger partial charge in [-0.25, -0.2) is 4.79 Å². The first-order valence-corrected chi connectivity index (χ1v) is 12.4. The average molecular weight is 508 g/mol. The minimum absolute atomic E-state index is 0.170. The zero-order valence-corrected chi connectivity index (χ0v) is 23.3. The Morgan fingerprint density at radius 1 is 1.14 bits per heavy atom. The normalized spacial score (nSPS) is 16.6. The average Bonchev–Trinajstić information content (AvgIpc) is 2.79. The van der Waals surface area contributed by atoms with Gasteiger partial charge in [-0.3, -0.25) is 9.59 Å². The maximum Gasteiger partial charge on any atom is 0.331 e. The van der Waals surface area contributed by atoms with Gasteiger partial charge in [0, 0.05) is 23.1 Å². The highest BCUT2D eigenvalue weighted by Crippen LogP contribution is 2.33. The molecule has 0 saturated carbocycles. The van der Waals surface area contributed by atoms with E-state index in [0.29, 0.717) is 17.9 Å². The molecule has 0 bridgehead atoms. The molecule has 7 nitrogen and oxygen atoms in total. The maximum atomic E-state index is 13.7. The van der Waals surface area contributed by atoms with Gasteiger partial charge in [-0.2, -0.15) is 0 Å². The number of aliphatic carboxylic acids is 1. The number of hydrogen-bond donors (Lipinski definition) is 3. The molecular weight excluding hydrogens is 466 g/mol. The van der Waals surface area contributed by atoms with Crippen molar-refractivity contribution in [3.05, 3.63) is 46.5 Å². The summed E-state index contributed by atoms with van der Waals surface area (Å²) >= 11 is 6.24. The summed E-state index contributed by atoms with van der Waals surface area (Å²) in [5.41, 5.74) is -0.0580. The second-order valence-electron chi connectivity index (χ2n) is 10.4. The molecule has 1 aromatic carbocycles. The Kier molecular flexibility index (Phi) is 11.0. The molecule has 0 aliphatic heterocycles. The van der Waals surface area contributed by atoms with E-state index in [-0.39, 0.29) is 17.4 Å². The van der Waals surface area contributed by atoms with E-state index in [0.717, 1.165) is 5.56 Å². The van der Waals surface area contributed by atoms with E-state index in [4.69, 9.17) is 11.6 Å². The van der Waals surface area contributed by atoms with Crippen molar-refractivity contribution in [1.82, 2.24) is 15.5 Å². The number of carbonyl (C=O) groups is 3. The van der Waals surface area contributed by atoms with Crippen molar-refractivity contribution in [2.45, 2.75) is 84.8 Å². The molecule has 0 radical (unpaired) electrons. The van der Waals surface area contributed by atoms with Gasteiger partial charge in [0.15, 0.2) is 0 Å². The highest BCUT2D eigenvalue weighted by atomic mass is 35.5. The first-order valence-electron chi connectivity index (χ1n) is 12.1. The Morgan fingerprint density at radius 2 is 1.74 bits per heavy atom. The summed E-state index contributed by atoms with van der Waals surface area (Å²) in [5, 5.41) is 16.0. The lowest BCUT2D eigenvalue weighted by atomic mass is 9.73. The molecule has 2 amide bonds. The first-order chi connectivity index (χ1) is 16.1. The van der Waals surface area contributed by atoms with Crippen LogP contribution in [0.1, 0.15) is 66.9 Å². The van der Waals surface area contributed by atoms with E-state index in [1.165, 1.54) is 11.8 Å². The Hall–Kier alpha value is -2.38. The van der Waals surface area contributed by atoms with Crippen LogP contribution in [0.4, 0.5) is 0 Å². The van der Waals surface area contributed by atoms with Crippen molar-refractivity contribution < 1.29 is 19.5 Å². The summed E-state index contributed by atoms with van der Waals surface area (Å²) in [6, 6.07) is 5.64. The number of benzene rings is 1. The molecule has 4 atom stereocenters. The number of carboxylic acid groups (broad SMARTS) is 1. The van der Waals surface area contributed by atoms with Crippen LogP contribution in [0.25, 0.3) is 0 Å². The minimum Gasteiger partial charge on any atom is -0.478 e. The summed E-state index contributed by atoms with van der Waals surface area (Å²) in [6.45, 7) is 13.1. The molecule has 1 aromatic rings. The fraction of sp³-hybridized carbons (Fsp3) is 0.593.